The Bertz CT molecular complexity index is 354. The number of carbonyl (C=O) groups is 1. The zero-order chi connectivity index (χ0) is 15.5. The molecular weight excluding hydrogens is 268 g/mol. The number of piperidine rings is 1. The summed E-state index contributed by atoms with van der Waals surface area (Å²) in [7, 11) is 0. The average molecular weight is 298 g/mol. The van der Waals surface area contributed by atoms with Gasteiger partial charge in [-0.2, -0.15) is 0 Å². The molecule has 1 aliphatic heterocycles. The molecule has 122 valence electrons. The third-order valence-corrected chi connectivity index (χ3v) is 4.19. The van der Waals surface area contributed by atoms with E-state index < -0.39 is 5.60 Å². The number of rotatable bonds is 2. The third-order valence-electron chi connectivity index (χ3n) is 4.19. The van der Waals surface area contributed by atoms with Crippen molar-refractivity contribution in [3.05, 3.63) is 0 Å². The van der Waals surface area contributed by atoms with Crippen LogP contribution in [0.25, 0.3) is 0 Å². The van der Waals surface area contributed by atoms with Crippen molar-refractivity contribution in [1.82, 2.24) is 10.2 Å². The van der Waals surface area contributed by atoms with Crippen molar-refractivity contribution >= 4 is 6.09 Å². The molecule has 2 fully saturated rings. The second kappa shape index (κ2) is 6.97. The smallest absolute Gasteiger partial charge is 0.410 e. The van der Waals surface area contributed by atoms with E-state index in [0.717, 1.165) is 45.1 Å². The molecule has 0 radical (unpaired) electrons. The van der Waals surface area contributed by atoms with E-state index in [1.165, 1.54) is 0 Å². The molecule has 21 heavy (non-hydrogen) atoms. The highest BCUT2D eigenvalue weighted by Gasteiger charge is 2.29. The number of amides is 1. The lowest BCUT2D eigenvalue weighted by Crippen LogP contribution is -2.52. The van der Waals surface area contributed by atoms with Gasteiger partial charge in [-0.15, -0.1) is 0 Å². The van der Waals surface area contributed by atoms with Crippen molar-refractivity contribution in [3.8, 4) is 0 Å². The molecule has 2 aliphatic rings. The summed E-state index contributed by atoms with van der Waals surface area (Å²) in [5, 5.41) is 13.4. The first kappa shape index (κ1) is 16.6. The molecule has 1 heterocycles. The van der Waals surface area contributed by atoms with Gasteiger partial charge in [-0.25, -0.2) is 4.79 Å². The molecule has 5 nitrogen and oxygen atoms in total. The van der Waals surface area contributed by atoms with Crippen molar-refractivity contribution in [3.63, 3.8) is 0 Å². The molecule has 0 aromatic rings. The predicted octanol–water partition coefficient (Wildman–Crippen LogP) is 2.28. The molecule has 0 spiro atoms. The molecule has 1 aliphatic carbocycles. The largest absolute Gasteiger partial charge is 0.444 e. The summed E-state index contributed by atoms with van der Waals surface area (Å²) in [6.07, 6.45) is 5.69. The van der Waals surface area contributed by atoms with Crippen LogP contribution in [0.1, 0.15) is 59.3 Å². The maximum absolute atomic E-state index is 12.1. The van der Waals surface area contributed by atoms with Crippen LogP contribution in [0, 0.1) is 0 Å². The SMILES string of the molecule is CC(C)(C)OC(=O)N1CCCC(NC2CCCC(O)C2)C1. The van der Waals surface area contributed by atoms with E-state index in [9.17, 15) is 9.90 Å². The van der Waals surface area contributed by atoms with Gasteiger partial charge in [0, 0.05) is 25.2 Å². The van der Waals surface area contributed by atoms with Crippen LogP contribution in [0.4, 0.5) is 4.79 Å². The topological polar surface area (TPSA) is 61.8 Å². The molecule has 2 rings (SSSR count). The molecule has 3 atom stereocenters. The van der Waals surface area contributed by atoms with Crippen LogP contribution in [-0.4, -0.2) is 53.0 Å². The number of hydrogen-bond acceptors (Lipinski definition) is 4. The molecule has 0 aromatic carbocycles. The van der Waals surface area contributed by atoms with Crippen LogP contribution in [0.15, 0.2) is 0 Å². The highest BCUT2D eigenvalue weighted by Crippen LogP contribution is 2.21. The van der Waals surface area contributed by atoms with E-state index in [2.05, 4.69) is 5.32 Å². The van der Waals surface area contributed by atoms with E-state index in [-0.39, 0.29) is 12.2 Å². The fourth-order valence-corrected chi connectivity index (χ4v) is 3.25. The predicted molar refractivity (Wildman–Crippen MR) is 82.2 cm³/mol. The van der Waals surface area contributed by atoms with Crippen LogP contribution < -0.4 is 5.32 Å². The Labute approximate surface area is 128 Å². The quantitative estimate of drug-likeness (QED) is 0.821. The van der Waals surface area contributed by atoms with Gasteiger partial charge in [0.05, 0.1) is 6.10 Å². The first-order valence-corrected chi connectivity index (χ1v) is 8.25. The van der Waals surface area contributed by atoms with Gasteiger partial charge in [0.1, 0.15) is 5.60 Å². The maximum atomic E-state index is 12.1. The number of nitrogens with one attached hydrogen (secondary N) is 1. The summed E-state index contributed by atoms with van der Waals surface area (Å²) in [5.41, 5.74) is -0.440. The molecule has 1 saturated carbocycles. The summed E-state index contributed by atoms with van der Waals surface area (Å²) >= 11 is 0. The molecule has 5 heteroatoms. The number of nitrogens with zero attached hydrogens (tertiary/aromatic N) is 1. The number of likely N-dealkylation sites (tertiary alicyclic amines) is 1. The second-order valence-corrected chi connectivity index (χ2v) is 7.45. The first-order chi connectivity index (χ1) is 9.83. The molecule has 0 aromatic heterocycles. The summed E-state index contributed by atoms with van der Waals surface area (Å²) < 4.78 is 5.45. The number of aliphatic hydroxyl groups is 1. The van der Waals surface area contributed by atoms with Crippen molar-refractivity contribution in [2.45, 2.75) is 83.1 Å². The van der Waals surface area contributed by atoms with Gasteiger partial charge in [0.2, 0.25) is 0 Å². The molecule has 1 saturated heterocycles. The van der Waals surface area contributed by atoms with Gasteiger partial charge in [-0.3, -0.25) is 0 Å². The highest BCUT2D eigenvalue weighted by atomic mass is 16.6. The first-order valence-electron chi connectivity index (χ1n) is 8.25. The van der Waals surface area contributed by atoms with E-state index in [0.29, 0.717) is 18.6 Å². The Kier molecular flexibility index (Phi) is 5.49. The summed E-state index contributed by atoms with van der Waals surface area (Å²) in [6, 6.07) is 0.707. The van der Waals surface area contributed by atoms with Crippen molar-refractivity contribution in [2.75, 3.05) is 13.1 Å². The van der Waals surface area contributed by atoms with Crippen molar-refractivity contribution in [2.24, 2.45) is 0 Å². The van der Waals surface area contributed by atoms with Gasteiger partial charge in [0.15, 0.2) is 0 Å². The van der Waals surface area contributed by atoms with Crippen LogP contribution in [-0.2, 0) is 4.74 Å². The number of aliphatic hydroxyl groups excluding tert-OH is 1. The van der Waals surface area contributed by atoms with Gasteiger partial charge in [0.25, 0.3) is 0 Å². The van der Waals surface area contributed by atoms with Gasteiger partial charge in [-0.05, 0) is 59.3 Å². The van der Waals surface area contributed by atoms with E-state index >= 15 is 0 Å². The van der Waals surface area contributed by atoms with Crippen molar-refractivity contribution < 1.29 is 14.6 Å². The molecule has 3 unspecified atom stereocenters. The molecule has 2 N–H and O–H groups in total. The van der Waals surface area contributed by atoms with Crippen molar-refractivity contribution in [1.29, 1.82) is 0 Å². The molecule has 1 amide bonds. The number of hydrogen-bond donors (Lipinski definition) is 2. The second-order valence-electron chi connectivity index (χ2n) is 7.45. The Morgan fingerprint density at radius 3 is 2.57 bits per heavy atom. The minimum atomic E-state index is -0.440. The lowest BCUT2D eigenvalue weighted by Gasteiger charge is -2.37. The zero-order valence-corrected chi connectivity index (χ0v) is 13.6. The summed E-state index contributed by atoms with van der Waals surface area (Å²) in [5.74, 6) is 0. The number of carbonyl (C=O) groups excluding carboxylic acids is 1. The Morgan fingerprint density at radius 1 is 1.19 bits per heavy atom. The third kappa shape index (κ3) is 5.47. The standard InChI is InChI=1S/C16H30N2O3/c1-16(2,3)21-15(20)18-9-5-7-13(11-18)17-12-6-4-8-14(19)10-12/h12-14,17,19H,4-11H2,1-3H3. The van der Waals surface area contributed by atoms with Gasteiger partial charge >= 0.3 is 6.09 Å². The lowest BCUT2D eigenvalue weighted by atomic mass is 9.91. The van der Waals surface area contributed by atoms with Crippen LogP contribution >= 0.6 is 0 Å². The minimum absolute atomic E-state index is 0.165. The van der Waals surface area contributed by atoms with Crippen LogP contribution in [0.2, 0.25) is 0 Å². The monoisotopic (exact) mass is 298 g/mol. The van der Waals surface area contributed by atoms with E-state index in [1.54, 1.807) is 0 Å². The van der Waals surface area contributed by atoms with E-state index in [1.807, 2.05) is 25.7 Å². The number of ether oxygens (including phenoxy) is 1. The van der Waals surface area contributed by atoms with Gasteiger partial charge in [-0.1, -0.05) is 0 Å². The van der Waals surface area contributed by atoms with Gasteiger partial charge < -0.3 is 20.1 Å². The Balaban J connectivity index is 1.81. The average Bonchev–Trinajstić information content (AvgIpc) is 2.37. The highest BCUT2D eigenvalue weighted by molar-refractivity contribution is 5.68. The Hall–Kier alpha value is -0.810. The fourth-order valence-electron chi connectivity index (χ4n) is 3.25. The zero-order valence-electron chi connectivity index (χ0n) is 13.6. The summed E-state index contributed by atoms with van der Waals surface area (Å²) in [4.78, 5) is 14.0. The fraction of sp³-hybridized carbons (Fsp3) is 0.938. The van der Waals surface area contributed by atoms with Crippen LogP contribution in [0.3, 0.4) is 0 Å². The molecule has 0 bridgehead atoms. The molecular formula is C16H30N2O3. The van der Waals surface area contributed by atoms with Crippen LogP contribution in [0.5, 0.6) is 0 Å². The minimum Gasteiger partial charge on any atom is -0.444 e. The lowest BCUT2D eigenvalue weighted by molar-refractivity contribution is 0.0174. The maximum Gasteiger partial charge on any atom is 0.410 e. The van der Waals surface area contributed by atoms with E-state index in [4.69, 9.17) is 4.74 Å². The normalized spacial score (nSPS) is 31.0. The summed E-state index contributed by atoms with van der Waals surface area (Å²) in [6.45, 7) is 7.18. The Morgan fingerprint density at radius 2 is 1.90 bits per heavy atom.